The molecule has 0 aliphatic heterocycles. The van der Waals surface area contributed by atoms with Crippen molar-refractivity contribution in [2.45, 2.75) is 50.1 Å². The molecule has 2 amide bonds. The highest BCUT2D eigenvalue weighted by Gasteiger charge is 2.30. The van der Waals surface area contributed by atoms with Gasteiger partial charge in [-0.1, -0.05) is 67.1 Å². The van der Waals surface area contributed by atoms with Crippen LogP contribution in [-0.2, 0) is 22.6 Å². The van der Waals surface area contributed by atoms with Crippen molar-refractivity contribution in [3.8, 4) is 0 Å². The maximum Gasteiger partial charge on any atom is 0.243 e. The molecule has 0 radical (unpaired) electrons. The second-order valence-electron chi connectivity index (χ2n) is 8.52. The van der Waals surface area contributed by atoms with Gasteiger partial charge in [0.2, 0.25) is 11.8 Å². The molecule has 0 saturated carbocycles. The van der Waals surface area contributed by atoms with Gasteiger partial charge in [0.05, 0.1) is 0 Å². The third-order valence-electron chi connectivity index (χ3n) is 5.74. The topological polar surface area (TPSA) is 49.4 Å². The Bertz CT molecular complexity index is 1110. The molecule has 0 aliphatic rings. The smallest absolute Gasteiger partial charge is 0.243 e. The van der Waals surface area contributed by atoms with E-state index in [4.69, 9.17) is 11.6 Å². The van der Waals surface area contributed by atoms with Crippen LogP contribution in [0.4, 0.5) is 4.39 Å². The Morgan fingerprint density at radius 3 is 2.39 bits per heavy atom. The first-order valence-electron chi connectivity index (χ1n) is 12.2. The largest absolute Gasteiger partial charge is 0.354 e. The normalized spacial score (nSPS) is 11.6. The second-order valence-corrected chi connectivity index (χ2v) is 10.1. The minimum atomic E-state index is -0.741. The van der Waals surface area contributed by atoms with Gasteiger partial charge in [0.25, 0.3) is 0 Å². The maximum absolute atomic E-state index is 14.6. The van der Waals surface area contributed by atoms with Crippen LogP contribution in [0, 0.1) is 5.82 Å². The Hall–Kier alpha value is -2.83. The van der Waals surface area contributed by atoms with E-state index in [9.17, 15) is 14.0 Å². The van der Waals surface area contributed by atoms with Crippen LogP contribution in [-0.4, -0.2) is 35.1 Å². The minimum Gasteiger partial charge on any atom is -0.354 e. The minimum absolute atomic E-state index is 0.0346. The molecule has 1 N–H and O–H groups in total. The lowest BCUT2D eigenvalue weighted by atomic mass is 10.0. The molecular weight excluding hydrogens is 495 g/mol. The van der Waals surface area contributed by atoms with E-state index in [-0.39, 0.29) is 30.6 Å². The van der Waals surface area contributed by atoms with Gasteiger partial charge in [-0.3, -0.25) is 9.59 Å². The van der Waals surface area contributed by atoms with Crippen molar-refractivity contribution in [3.63, 3.8) is 0 Å². The summed E-state index contributed by atoms with van der Waals surface area (Å²) in [5, 5.41) is 3.62. The van der Waals surface area contributed by atoms with Crippen molar-refractivity contribution < 1.29 is 14.0 Å². The van der Waals surface area contributed by atoms with E-state index >= 15 is 0 Å². The monoisotopic (exact) mass is 526 g/mol. The molecule has 7 heteroatoms. The summed E-state index contributed by atoms with van der Waals surface area (Å²) < 4.78 is 14.6. The number of carbonyl (C=O) groups is 2. The van der Waals surface area contributed by atoms with E-state index in [1.807, 2.05) is 61.5 Å². The van der Waals surface area contributed by atoms with E-state index in [1.54, 1.807) is 34.9 Å². The summed E-state index contributed by atoms with van der Waals surface area (Å²) in [5.41, 5.74) is 1.33. The van der Waals surface area contributed by atoms with Crippen molar-refractivity contribution in [2.75, 3.05) is 12.3 Å². The molecule has 0 fully saturated rings. The fourth-order valence-corrected chi connectivity index (χ4v) is 4.80. The summed E-state index contributed by atoms with van der Waals surface area (Å²) in [4.78, 5) is 29.4. The molecule has 0 heterocycles. The predicted octanol–water partition coefficient (Wildman–Crippen LogP) is 6.52. The van der Waals surface area contributed by atoms with Crippen LogP contribution in [0.15, 0.2) is 83.8 Å². The number of amides is 2. The van der Waals surface area contributed by atoms with Gasteiger partial charge in [0, 0.05) is 41.4 Å². The highest BCUT2D eigenvalue weighted by molar-refractivity contribution is 7.99. The zero-order chi connectivity index (χ0) is 25.8. The molecule has 190 valence electrons. The molecule has 4 nitrogen and oxygen atoms in total. The van der Waals surface area contributed by atoms with Gasteiger partial charge in [-0.05, 0) is 54.5 Å². The Morgan fingerprint density at radius 2 is 1.69 bits per heavy atom. The number of halogens is 2. The van der Waals surface area contributed by atoms with Crippen LogP contribution in [0.5, 0.6) is 0 Å². The first kappa shape index (κ1) is 27.8. The van der Waals surface area contributed by atoms with Gasteiger partial charge >= 0.3 is 0 Å². The zero-order valence-electron chi connectivity index (χ0n) is 20.5. The second kappa shape index (κ2) is 14.7. The van der Waals surface area contributed by atoms with Crippen molar-refractivity contribution in [1.29, 1.82) is 0 Å². The van der Waals surface area contributed by atoms with Crippen LogP contribution in [0.25, 0.3) is 0 Å². The summed E-state index contributed by atoms with van der Waals surface area (Å²) in [5.74, 6) is -0.0313. The third kappa shape index (κ3) is 8.68. The summed E-state index contributed by atoms with van der Waals surface area (Å²) >= 11 is 7.60. The zero-order valence-corrected chi connectivity index (χ0v) is 22.0. The van der Waals surface area contributed by atoms with E-state index in [1.165, 1.54) is 6.07 Å². The van der Waals surface area contributed by atoms with Crippen molar-refractivity contribution in [3.05, 3.63) is 101 Å². The highest BCUT2D eigenvalue weighted by atomic mass is 35.5. The van der Waals surface area contributed by atoms with Gasteiger partial charge in [0.15, 0.2) is 0 Å². The molecule has 36 heavy (non-hydrogen) atoms. The Kier molecular flexibility index (Phi) is 11.3. The molecule has 0 aliphatic carbocycles. The first-order chi connectivity index (χ1) is 17.5. The fraction of sp³-hybridized carbons (Fsp3) is 0.310. The fourth-order valence-electron chi connectivity index (χ4n) is 3.82. The van der Waals surface area contributed by atoms with Crippen LogP contribution in [0.3, 0.4) is 0 Å². The van der Waals surface area contributed by atoms with Crippen LogP contribution < -0.4 is 5.32 Å². The average molecular weight is 527 g/mol. The number of nitrogens with zero attached hydrogens (tertiary/aromatic N) is 1. The lowest BCUT2D eigenvalue weighted by Crippen LogP contribution is -2.50. The van der Waals surface area contributed by atoms with E-state index in [0.717, 1.165) is 22.6 Å². The van der Waals surface area contributed by atoms with Crippen molar-refractivity contribution >= 4 is 35.2 Å². The van der Waals surface area contributed by atoms with Crippen molar-refractivity contribution in [1.82, 2.24) is 10.2 Å². The van der Waals surface area contributed by atoms with E-state index < -0.39 is 6.04 Å². The van der Waals surface area contributed by atoms with Crippen LogP contribution in [0.2, 0.25) is 5.02 Å². The summed E-state index contributed by atoms with van der Waals surface area (Å²) in [7, 11) is 0. The predicted molar refractivity (Wildman–Crippen MR) is 146 cm³/mol. The molecule has 0 aromatic heterocycles. The van der Waals surface area contributed by atoms with Crippen LogP contribution in [0.1, 0.15) is 37.3 Å². The molecule has 0 spiro atoms. The lowest BCUT2D eigenvalue weighted by Gasteiger charge is -2.31. The van der Waals surface area contributed by atoms with Gasteiger partial charge in [-0.2, -0.15) is 0 Å². The number of carbonyl (C=O) groups excluding carboxylic acids is 2. The maximum atomic E-state index is 14.6. The Morgan fingerprint density at radius 1 is 1.00 bits per heavy atom. The van der Waals surface area contributed by atoms with E-state index in [0.29, 0.717) is 30.0 Å². The molecule has 0 bridgehead atoms. The quantitative estimate of drug-likeness (QED) is 0.204. The molecule has 3 aromatic rings. The first-order valence-corrected chi connectivity index (χ1v) is 13.6. The standard InChI is InChI=1S/C29H32ClFN2O2S/c1-2-18-32-29(35)27(20-22-9-4-3-5-10-22)33(21-23-11-6-7-12-26(23)31)28(34)13-8-19-36-25-16-14-24(30)15-17-25/h3-7,9-12,14-17,27H,2,8,13,18-21H2,1H3,(H,32,35). The Balaban J connectivity index is 1.78. The molecule has 0 saturated heterocycles. The molecule has 1 atom stereocenters. The summed E-state index contributed by atoms with van der Waals surface area (Å²) in [6.45, 7) is 2.53. The molecular formula is C29H32ClFN2O2S. The number of nitrogens with one attached hydrogen (secondary N) is 1. The summed E-state index contributed by atoms with van der Waals surface area (Å²) in [6, 6.07) is 22.9. The van der Waals surface area contributed by atoms with E-state index in [2.05, 4.69) is 5.32 Å². The number of rotatable bonds is 13. The lowest BCUT2D eigenvalue weighted by molar-refractivity contribution is -0.141. The van der Waals surface area contributed by atoms with Gasteiger partial charge < -0.3 is 10.2 Å². The third-order valence-corrected chi connectivity index (χ3v) is 7.09. The average Bonchev–Trinajstić information content (AvgIpc) is 2.89. The SMILES string of the molecule is CCCNC(=O)C(Cc1ccccc1)N(Cc1ccccc1F)C(=O)CCCSc1ccc(Cl)cc1. The molecule has 3 rings (SSSR count). The number of hydrogen-bond acceptors (Lipinski definition) is 3. The molecule has 1 unspecified atom stereocenters. The van der Waals surface area contributed by atoms with Gasteiger partial charge in [0.1, 0.15) is 11.9 Å². The Labute approximate surface area is 222 Å². The van der Waals surface area contributed by atoms with Gasteiger partial charge in [-0.25, -0.2) is 4.39 Å². The van der Waals surface area contributed by atoms with Crippen molar-refractivity contribution in [2.24, 2.45) is 0 Å². The van der Waals surface area contributed by atoms with Gasteiger partial charge in [-0.15, -0.1) is 11.8 Å². The van der Waals surface area contributed by atoms with Crippen LogP contribution >= 0.6 is 23.4 Å². The number of benzene rings is 3. The summed E-state index contributed by atoms with van der Waals surface area (Å²) in [6.07, 6.45) is 2.04. The number of thioether (sulfide) groups is 1. The molecule has 3 aromatic carbocycles. The highest BCUT2D eigenvalue weighted by Crippen LogP contribution is 2.23. The number of hydrogen-bond donors (Lipinski definition) is 1.